The predicted molar refractivity (Wildman–Crippen MR) is 140 cm³/mol. The highest BCUT2D eigenvalue weighted by atomic mass is 16.2. The number of benzene rings is 1. The molecule has 4 rings (SSSR count). The maximum atomic E-state index is 13.7. The number of aryl methyl sites for hydroxylation is 1. The van der Waals surface area contributed by atoms with Gasteiger partial charge in [0.15, 0.2) is 0 Å². The number of likely N-dealkylation sites (tertiary alicyclic amines) is 1. The number of nitrogens with two attached hydrogens (primary N) is 1. The van der Waals surface area contributed by atoms with Gasteiger partial charge in [0.05, 0.1) is 5.92 Å². The minimum absolute atomic E-state index is 0.00472. The number of β-lactam (4-membered cyclic amide) rings is 1. The van der Waals surface area contributed by atoms with Gasteiger partial charge in [-0.15, -0.1) is 0 Å². The summed E-state index contributed by atoms with van der Waals surface area (Å²) in [6, 6.07) is 11.5. The monoisotopic (exact) mass is 491 g/mol. The van der Waals surface area contributed by atoms with Crippen molar-refractivity contribution in [1.29, 1.82) is 0 Å². The van der Waals surface area contributed by atoms with Crippen molar-refractivity contribution in [1.82, 2.24) is 15.2 Å². The summed E-state index contributed by atoms with van der Waals surface area (Å²) in [5, 5.41) is 3.10. The summed E-state index contributed by atoms with van der Waals surface area (Å²) in [4.78, 5) is 47.3. The van der Waals surface area contributed by atoms with Gasteiger partial charge in [0.2, 0.25) is 5.91 Å². The molecule has 2 heterocycles. The van der Waals surface area contributed by atoms with Crippen molar-refractivity contribution < 1.29 is 14.4 Å². The number of hydrogen-bond acceptors (Lipinski definition) is 5. The lowest BCUT2D eigenvalue weighted by atomic mass is 9.81. The average molecular weight is 492 g/mol. The number of nitrogen functional groups attached to an aromatic ring is 1. The van der Waals surface area contributed by atoms with Crippen LogP contribution >= 0.6 is 0 Å². The van der Waals surface area contributed by atoms with E-state index in [1.165, 1.54) is 24.2 Å². The van der Waals surface area contributed by atoms with Crippen molar-refractivity contribution in [3.05, 3.63) is 53.7 Å². The van der Waals surface area contributed by atoms with Gasteiger partial charge >= 0.3 is 6.03 Å². The fourth-order valence-corrected chi connectivity index (χ4v) is 5.69. The quantitative estimate of drug-likeness (QED) is 0.568. The Hall–Kier alpha value is -3.42. The highest BCUT2D eigenvalue weighted by Gasteiger charge is 2.55. The van der Waals surface area contributed by atoms with E-state index in [-0.39, 0.29) is 17.9 Å². The van der Waals surface area contributed by atoms with Crippen LogP contribution in [-0.2, 0) is 16.0 Å². The van der Waals surface area contributed by atoms with E-state index in [1.807, 2.05) is 43.3 Å². The molecule has 1 aliphatic heterocycles. The molecule has 1 aromatic carbocycles. The maximum Gasteiger partial charge on any atom is 0.325 e. The van der Waals surface area contributed by atoms with E-state index < -0.39 is 18.0 Å². The number of rotatable bonds is 7. The molecule has 1 saturated carbocycles. The molecule has 0 bridgehead atoms. The van der Waals surface area contributed by atoms with Gasteiger partial charge in [-0.3, -0.25) is 14.5 Å². The first kappa shape index (κ1) is 25.7. The number of carbonyl (C=O) groups excluding carboxylic acids is 3. The van der Waals surface area contributed by atoms with Crippen LogP contribution in [0.3, 0.4) is 0 Å². The summed E-state index contributed by atoms with van der Waals surface area (Å²) in [6.07, 6.45) is 6.83. The SMILES string of the molecule is CC[C@@H](NC(=O)N1C(=O)[C@H](Cc2cc(C)nc(N)c2)[C@H]1C(=O)N(C)c1ccccc1)C1CCCCC1. The normalized spacial score (nSPS) is 21.0. The molecule has 36 heavy (non-hydrogen) atoms. The van der Waals surface area contributed by atoms with Gasteiger partial charge in [-0.1, -0.05) is 44.4 Å². The van der Waals surface area contributed by atoms with E-state index in [4.69, 9.17) is 5.73 Å². The van der Waals surface area contributed by atoms with Gasteiger partial charge in [-0.05, 0) is 68.4 Å². The second-order valence-corrected chi connectivity index (χ2v) is 10.1. The standard InChI is InChI=1S/C28H37N5O3/c1-4-23(20-11-7-5-8-12-20)31-28(36)33-25(27(35)32(3)21-13-9-6-10-14-21)22(26(33)34)16-19-15-18(2)30-24(29)17-19/h6,9-10,13-15,17,20,22-23,25H,4-5,7-8,11-12,16H2,1-3H3,(H2,29,30)(H,31,36)/t22-,23-,25+/m1/s1. The second-order valence-electron chi connectivity index (χ2n) is 10.1. The van der Waals surface area contributed by atoms with Gasteiger partial charge in [-0.25, -0.2) is 9.78 Å². The first-order chi connectivity index (χ1) is 17.3. The Kier molecular flexibility index (Phi) is 7.91. The Morgan fingerprint density at radius 2 is 1.86 bits per heavy atom. The summed E-state index contributed by atoms with van der Waals surface area (Å²) in [7, 11) is 1.68. The van der Waals surface area contributed by atoms with Gasteiger partial charge in [0.1, 0.15) is 11.9 Å². The van der Waals surface area contributed by atoms with E-state index in [2.05, 4.69) is 17.2 Å². The number of amides is 4. The van der Waals surface area contributed by atoms with Crippen LogP contribution < -0.4 is 16.0 Å². The lowest BCUT2D eigenvalue weighted by Crippen LogP contribution is -2.71. The van der Waals surface area contributed by atoms with Crippen LogP contribution in [0, 0.1) is 18.8 Å². The average Bonchev–Trinajstić information content (AvgIpc) is 2.88. The first-order valence-corrected chi connectivity index (χ1v) is 13.0. The number of aromatic nitrogens is 1. The number of hydrogen-bond donors (Lipinski definition) is 2. The highest BCUT2D eigenvalue weighted by molar-refractivity contribution is 6.12. The van der Waals surface area contributed by atoms with Gasteiger partial charge < -0.3 is 16.0 Å². The summed E-state index contributed by atoms with van der Waals surface area (Å²) in [5.41, 5.74) is 8.20. The van der Waals surface area contributed by atoms with Crippen LogP contribution in [-0.4, -0.2) is 46.9 Å². The zero-order valence-corrected chi connectivity index (χ0v) is 21.4. The molecule has 8 nitrogen and oxygen atoms in total. The third-order valence-corrected chi connectivity index (χ3v) is 7.62. The molecule has 3 atom stereocenters. The molecule has 192 valence electrons. The number of nitrogens with zero attached hydrogens (tertiary/aromatic N) is 3. The lowest BCUT2D eigenvalue weighted by Gasteiger charge is -2.46. The van der Waals surface area contributed by atoms with Crippen LogP contribution in [0.4, 0.5) is 16.3 Å². The molecular formula is C28H37N5O3. The molecule has 2 aliphatic rings. The van der Waals surface area contributed by atoms with Crippen LogP contribution in [0.25, 0.3) is 0 Å². The smallest absolute Gasteiger partial charge is 0.325 e. The van der Waals surface area contributed by atoms with Crippen molar-refractivity contribution in [3.63, 3.8) is 0 Å². The molecule has 1 saturated heterocycles. The molecule has 0 spiro atoms. The number of nitrogens with one attached hydrogen (secondary N) is 1. The molecule has 0 radical (unpaired) electrons. The van der Waals surface area contributed by atoms with E-state index >= 15 is 0 Å². The predicted octanol–water partition coefficient (Wildman–Crippen LogP) is 4.07. The van der Waals surface area contributed by atoms with Crippen LogP contribution in [0.15, 0.2) is 42.5 Å². The summed E-state index contributed by atoms with van der Waals surface area (Å²) in [6.45, 7) is 3.90. The molecule has 3 N–H and O–H groups in total. The third kappa shape index (κ3) is 5.37. The van der Waals surface area contributed by atoms with E-state index in [9.17, 15) is 14.4 Å². The Balaban J connectivity index is 1.57. The topological polar surface area (TPSA) is 109 Å². The Labute approximate surface area is 213 Å². The van der Waals surface area contributed by atoms with Gasteiger partial charge in [0.25, 0.3) is 5.91 Å². The van der Waals surface area contributed by atoms with E-state index in [0.29, 0.717) is 23.8 Å². The zero-order chi connectivity index (χ0) is 25.8. The fraction of sp³-hybridized carbons (Fsp3) is 0.500. The number of para-hydroxylation sites is 1. The highest BCUT2D eigenvalue weighted by Crippen LogP contribution is 2.34. The van der Waals surface area contributed by atoms with Crippen molar-refractivity contribution in [2.24, 2.45) is 11.8 Å². The number of imide groups is 1. The fourth-order valence-electron chi connectivity index (χ4n) is 5.69. The Bertz CT molecular complexity index is 1080. The van der Waals surface area contributed by atoms with Gasteiger partial charge in [-0.2, -0.15) is 0 Å². The van der Waals surface area contributed by atoms with Gasteiger partial charge in [0, 0.05) is 24.5 Å². The van der Waals surface area contributed by atoms with Crippen LogP contribution in [0.2, 0.25) is 0 Å². The number of anilines is 2. The van der Waals surface area contributed by atoms with Crippen LogP contribution in [0.1, 0.15) is 56.7 Å². The van der Waals surface area contributed by atoms with Crippen molar-refractivity contribution in [2.75, 3.05) is 17.7 Å². The summed E-state index contributed by atoms with van der Waals surface area (Å²) < 4.78 is 0. The number of pyridine rings is 1. The molecule has 2 aromatic rings. The Morgan fingerprint density at radius 1 is 1.17 bits per heavy atom. The molecule has 4 amide bonds. The van der Waals surface area contributed by atoms with E-state index in [1.54, 1.807) is 13.1 Å². The Morgan fingerprint density at radius 3 is 2.50 bits per heavy atom. The number of likely N-dealkylation sites (N-methyl/N-ethyl adjacent to an activating group) is 1. The minimum atomic E-state index is -0.888. The third-order valence-electron chi connectivity index (χ3n) is 7.62. The van der Waals surface area contributed by atoms with Crippen molar-refractivity contribution in [2.45, 2.75) is 70.9 Å². The van der Waals surface area contributed by atoms with Crippen molar-refractivity contribution >= 4 is 29.4 Å². The molecule has 8 heteroatoms. The first-order valence-electron chi connectivity index (χ1n) is 13.0. The molecule has 0 unspecified atom stereocenters. The minimum Gasteiger partial charge on any atom is -0.384 e. The summed E-state index contributed by atoms with van der Waals surface area (Å²) in [5.74, 6) is -0.493. The molecular weight excluding hydrogens is 454 g/mol. The largest absolute Gasteiger partial charge is 0.384 e. The number of urea groups is 1. The number of carbonyl (C=O) groups is 3. The van der Waals surface area contributed by atoms with Crippen LogP contribution in [0.5, 0.6) is 0 Å². The maximum absolute atomic E-state index is 13.7. The zero-order valence-electron chi connectivity index (χ0n) is 21.4. The van der Waals surface area contributed by atoms with E-state index in [0.717, 1.165) is 35.4 Å². The van der Waals surface area contributed by atoms with Crippen molar-refractivity contribution in [3.8, 4) is 0 Å². The molecule has 1 aliphatic carbocycles. The molecule has 1 aromatic heterocycles. The summed E-state index contributed by atoms with van der Waals surface area (Å²) >= 11 is 0. The molecule has 2 fully saturated rings. The second kappa shape index (κ2) is 11.1. The lowest BCUT2D eigenvalue weighted by molar-refractivity contribution is -0.156.